The molecular weight excluding hydrogens is 430 g/mol. The van der Waals surface area contributed by atoms with Crippen molar-refractivity contribution in [2.75, 3.05) is 5.32 Å². The van der Waals surface area contributed by atoms with E-state index >= 15 is 0 Å². The number of carbonyl (C=O) groups excluding carboxylic acids is 1. The average Bonchev–Trinajstić information content (AvgIpc) is 3.34. The quantitative estimate of drug-likeness (QED) is 0.459. The summed E-state index contributed by atoms with van der Waals surface area (Å²) in [7, 11) is -0.998. The number of aromatic nitrogens is 2. The molecule has 0 fully saturated rings. The summed E-state index contributed by atoms with van der Waals surface area (Å²) in [5.41, 5.74) is 6.65. The number of hydrogen-bond acceptors (Lipinski definition) is 3. The van der Waals surface area contributed by atoms with Crippen molar-refractivity contribution in [2.24, 2.45) is 0 Å². The Balaban J connectivity index is 1.60. The smallest absolute Gasteiger partial charge is 0.237 e. The van der Waals surface area contributed by atoms with Crippen LogP contribution in [0.25, 0.3) is 5.69 Å². The van der Waals surface area contributed by atoms with Crippen LogP contribution in [0.1, 0.15) is 39.4 Å². The fourth-order valence-electron chi connectivity index (χ4n) is 4.37. The molecular formula is C27H25N3O2S. The zero-order chi connectivity index (χ0) is 22.9. The van der Waals surface area contributed by atoms with Gasteiger partial charge < -0.3 is 5.32 Å². The van der Waals surface area contributed by atoms with Crippen molar-refractivity contribution in [2.45, 2.75) is 31.3 Å². The lowest BCUT2D eigenvalue weighted by Crippen LogP contribution is -2.24. The Morgan fingerprint density at radius 3 is 2.18 bits per heavy atom. The van der Waals surface area contributed by atoms with E-state index in [1.54, 1.807) is 0 Å². The zero-order valence-corrected chi connectivity index (χ0v) is 19.4. The van der Waals surface area contributed by atoms with Gasteiger partial charge in [-0.05, 0) is 42.2 Å². The molecule has 33 heavy (non-hydrogen) atoms. The summed E-state index contributed by atoms with van der Waals surface area (Å²) >= 11 is 0. The van der Waals surface area contributed by atoms with Gasteiger partial charge in [-0.1, -0.05) is 72.8 Å². The number of nitrogens with one attached hydrogen (secondary N) is 1. The first-order chi connectivity index (χ1) is 16.0. The van der Waals surface area contributed by atoms with Gasteiger partial charge in [0, 0.05) is 16.4 Å². The van der Waals surface area contributed by atoms with Gasteiger partial charge in [0.1, 0.15) is 5.82 Å². The molecule has 0 saturated heterocycles. The molecule has 0 radical (unpaired) electrons. The molecule has 0 bridgehead atoms. The van der Waals surface area contributed by atoms with Crippen molar-refractivity contribution in [1.29, 1.82) is 0 Å². The van der Waals surface area contributed by atoms with Crippen LogP contribution < -0.4 is 5.32 Å². The lowest BCUT2D eigenvalue weighted by Gasteiger charge is -2.20. The van der Waals surface area contributed by atoms with Gasteiger partial charge in [-0.25, -0.2) is 4.68 Å². The molecule has 166 valence electrons. The molecule has 5 rings (SSSR count). The third-order valence-electron chi connectivity index (χ3n) is 6.24. The first-order valence-corrected chi connectivity index (χ1v) is 12.4. The van der Waals surface area contributed by atoms with Crippen molar-refractivity contribution in [1.82, 2.24) is 9.78 Å². The summed E-state index contributed by atoms with van der Waals surface area (Å²) in [6.07, 6.45) is 0. The maximum atomic E-state index is 13.8. The van der Waals surface area contributed by atoms with Crippen molar-refractivity contribution in [3.8, 4) is 5.69 Å². The van der Waals surface area contributed by atoms with E-state index in [0.717, 1.165) is 39.2 Å². The molecule has 1 amide bonds. The Morgan fingerprint density at radius 2 is 1.55 bits per heavy atom. The first kappa shape index (κ1) is 21.3. The number of amides is 1. The molecule has 6 heteroatoms. The topological polar surface area (TPSA) is 64.0 Å². The molecule has 0 unspecified atom stereocenters. The molecule has 4 aromatic rings. The highest BCUT2D eigenvalue weighted by Crippen LogP contribution is 2.34. The van der Waals surface area contributed by atoms with E-state index in [4.69, 9.17) is 5.10 Å². The van der Waals surface area contributed by atoms with Crippen LogP contribution in [-0.2, 0) is 27.1 Å². The van der Waals surface area contributed by atoms with Crippen molar-refractivity contribution >= 4 is 22.5 Å². The highest BCUT2D eigenvalue weighted by molar-refractivity contribution is 7.83. The normalized spacial score (nSPS) is 14.9. The van der Waals surface area contributed by atoms with E-state index < -0.39 is 16.7 Å². The second-order valence-corrected chi connectivity index (χ2v) is 9.83. The Hall–Kier alpha value is -3.51. The third-order valence-corrected chi connectivity index (χ3v) is 7.45. The Morgan fingerprint density at radius 1 is 0.909 bits per heavy atom. The van der Waals surface area contributed by atoms with Gasteiger partial charge in [0.05, 0.1) is 28.8 Å². The molecule has 0 spiro atoms. The predicted octanol–water partition coefficient (Wildman–Crippen LogP) is 5.02. The number of hydrogen-bond donors (Lipinski definition) is 1. The van der Waals surface area contributed by atoms with Gasteiger partial charge in [0.25, 0.3) is 0 Å². The maximum Gasteiger partial charge on any atom is 0.237 e. The number of fused-ring (bicyclic) bond motifs is 1. The molecule has 0 saturated carbocycles. The molecule has 1 aromatic heterocycles. The predicted molar refractivity (Wildman–Crippen MR) is 132 cm³/mol. The van der Waals surface area contributed by atoms with Crippen LogP contribution in [0, 0.1) is 13.8 Å². The van der Waals surface area contributed by atoms with Crippen LogP contribution in [0.15, 0.2) is 78.9 Å². The van der Waals surface area contributed by atoms with Crippen LogP contribution in [0.4, 0.5) is 5.82 Å². The van der Waals surface area contributed by atoms with E-state index in [9.17, 15) is 9.00 Å². The summed E-state index contributed by atoms with van der Waals surface area (Å²) < 4.78 is 14.1. The van der Waals surface area contributed by atoms with E-state index in [1.165, 1.54) is 0 Å². The highest BCUT2D eigenvalue weighted by atomic mass is 32.2. The molecule has 0 aliphatic carbocycles. The number of anilines is 1. The van der Waals surface area contributed by atoms with Crippen molar-refractivity contribution in [3.05, 3.63) is 112 Å². The van der Waals surface area contributed by atoms with Gasteiger partial charge in [-0.2, -0.15) is 5.10 Å². The Labute approximate surface area is 195 Å². The minimum Gasteiger partial charge on any atom is -0.309 e. The fourth-order valence-corrected chi connectivity index (χ4v) is 5.63. The molecule has 1 aliphatic rings. The molecule has 2 heterocycles. The summed E-state index contributed by atoms with van der Waals surface area (Å²) in [4.78, 5) is 13.8. The van der Waals surface area contributed by atoms with Gasteiger partial charge in [-0.15, -0.1) is 0 Å². The molecule has 1 N–H and O–H groups in total. The summed E-state index contributed by atoms with van der Waals surface area (Å²) in [5.74, 6) is 0.816. The minimum absolute atomic E-state index is 0.140. The van der Waals surface area contributed by atoms with E-state index in [1.807, 2.05) is 77.5 Å². The van der Waals surface area contributed by atoms with Crippen molar-refractivity contribution in [3.63, 3.8) is 0 Å². The third kappa shape index (κ3) is 4.02. The Bertz CT molecular complexity index is 1310. The summed E-state index contributed by atoms with van der Waals surface area (Å²) in [6, 6.07) is 25.6. The summed E-state index contributed by atoms with van der Waals surface area (Å²) in [5, 5.41) is 7.96. The SMILES string of the molecule is Cc1cccc(-n2nc3c(c2NC(=O)C(c2ccccc2)c2ccccc2)C[S@@](=O)C3)c1C. The van der Waals surface area contributed by atoms with E-state index in [-0.39, 0.29) is 5.91 Å². The van der Waals surface area contributed by atoms with Crippen LogP contribution in [0.2, 0.25) is 0 Å². The molecule has 1 aliphatic heterocycles. The average molecular weight is 456 g/mol. The van der Waals surface area contributed by atoms with Crippen LogP contribution >= 0.6 is 0 Å². The number of rotatable bonds is 5. The van der Waals surface area contributed by atoms with Gasteiger partial charge >= 0.3 is 0 Å². The highest BCUT2D eigenvalue weighted by Gasteiger charge is 2.31. The monoisotopic (exact) mass is 455 g/mol. The number of nitrogens with zero attached hydrogens (tertiary/aromatic N) is 2. The number of benzene rings is 3. The first-order valence-electron chi connectivity index (χ1n) is 11.0. The second-order valence-electron chi connectivity index (χ2n) is 8.38. The zero-order valence-electron chi connectivity index (χ0n) is 18.6. The summed E-state index contributed by atoms with van der Waals surface area (Å²) in [6.45, 7) is 4.11. The number of aryl methyl sites for hydroxylation is 1. The molecule has 1 atom stereocenters. The second kappa shape index (κ2) is 8.79. The standard InChI is InChI=1S/C27H25N3O2S/c1-18-10-9-15-24(19(18)2)30-26(22-16-33(32)17-23(22)29-30)28-27(31)25(20-11-5-3-6-12-20)21-13-7-4-8-14-21/h3-15,25H,16-17H2,1-2H3,(H,28,31)/t33-/m1/s1. The molecule has 5 nitrogen and oxygen atoms in total. The number of carbonyl (C=O) groups is 1. The van der Waals surface area contributed by atoms with E-state index in [2.05, 4.69) is 25.2 Å². The molecule has 3 aromatic carbocycles. The van der Waals surface area contributed by atoms with Gasteiger partial charge in [0.2, 0.25) is 5.91 Å². The lowest BCUT2D eigenvalue weighted by molar-refractivity contribution is -0.116. The fraction of sp³-hybridized carbons (Fsp3) is 0.185. The van der Waals surface area contributed by atoms with Crippen LogP contribution in [0.5, 0.6) is 0 Å². The lowest BCUT2D eigenvalue weighted by atomic mass is 9.90. The van der Waals surface area contributed by atoms with Crippen molar-refractivity contribution < 1.29 is 9.00 Å². The largest absolute Gasteiger partial charge is 0.309 e. The van der Waals surface area contributed by atoms with Gasteiger partial charge in [-0.3, -0.25) is 9.00 Å². The maximum absolute atomic E-state index is 13.8. The van der Waals surface area contributed by atoms with Crippen LogP contribution in [-0.4, -0.2) is 19.9 Å². The van der Waals surface area contributed by atoms with Gasteiger partial charge in [0.15, 0.2) is 0 Å². The minimum atomic E-state index is -0.998. The Kier molecular flexibility index (Phi) is 5.68. The van der Waals surface area contributed by atoms with E-state index in [0.29, 0.717) is 17.3 Å². The van der Waals surface area contributed by atoms with Crippen LogP contribution in [0.3, 0.4) is 0 Å².